The largest absolute Gasteiger partial charge is 0.481 e. The highest BCUT2D eigenvalue weighted by molar-refractivity contribution is 9.09. The normalized spacial score (nSPS) is 12.4. The van der Waals surface area contributed by atoms with Crippen molar-refractivity contribution in [1.29, 1.82) is 0 Å². The van der Waals surface area contributed by atoms with Gasteiger partial charge in [-0.15, -0.1) is 0 Å². The van der Waals surface area contributed by atoms with Gasteiger partial charge in [-0.2, -0.15) is 0 Å². The van der Waals surface area contributed by atoms with Crippen LogP contribution in [0.3, 0.4) is 0 Å². The maximum atomic E-state index is 10.5. The number of hydrogen-bond acceptors (Lipinski definition) is 2. The number of alkyl halides is 1. The second kappa shape index (κ2) is 5.99. The van der Waals surface area contributed by atoms with Gasteiger partial charge in [0.25, 0.3) is 0 Å². The third kappa shape index (κ3) is 5.12. The van der Waals surface area contributed by atoms with Crippen LogP contribution in [0.15, 0.2) is 0 Å². The van der Waals surface area contributed by atoms with Crippen LogP contribution in [0.1, 0.15) is 19.3 Å². The van der Waals surface area contributed by atoms with Gasteiger partial charge < -0.3 is 10.2 Å². The summed E-state index contributed by atoms with van der Waals surface area (Å²) >= 11 is 3.15. The van der Waals surface area contributed by atoms with Crippen molar-refractivity contribution in [2.24, 2.45) is 5.92 Å². The van der Waals surface area contributed by atoms with Crippen LogP contribution in [-0.4, -0.2) is 27.5 Å². The summed E-state index contributed by atoms with van der Waals surface area (Å²) in [5.74, 6) is -2.84. The lowest BCUT2D eigenvalue weighted by molar-refractivity contribution is -0.148. The summed E-state index contributed by atoms with van der Waals surface area (Å²) in [5.41, 5.74) is 0. The van der Waals surface area contributed by atoms with Gasteiger partial charge >= 0.3 is 11.9 Å². The van der Waals surface area contributed by atoms with Gasteiger partial charge in [0.2, 0.25) is 0 Å². The van der Waals surface area contributed by atoms with Crippen molar-refractivity contribution in [3.05, 3.63) is 0 Å². The lowest BCUT2D eigenvalue weighted by Crippen LogP contribution is -2.17. The van der Waals surface area contributed by atoms with Crippen molar-refractivity contribution in [2.75, 3.05) is 5.33 Å². The van der Waals surface area contributed by atoms with Crippen LogP contribution in [0.5, 0.6) is 0 Å². The molecule has 4 nitrogen and oxygen atoms in total. The number of hydrogen-bond donors (Lipinski definition) is 2. The molecule has 0 aliphatic carbocycles. The molecule has 12 heavy (non-hydrogen) atoms. The summed E-state index contributed by atoms with van der Waals surface area (Å²) in [6, 6.07) is 0. The Morgan fingerprint density at radius 1 is 1.33 bits per heavy atom. The van der Waals surface area contributed by atoms with Crippen molar-refractivity contribution in [2.45, 2.75) is 19.3 Å². The molecule has 0 rings (SSSR count). The molecule has 70 valence electrons. The molecule has 2 N–H and O–H groups in total. The zero-order valence-electron chi connectivity index (χ0n) is 6.49. The monoisotopic (exact) mass is 238 g/mol. The Labute approximate surface area is 78.7 Å². The minimum Gasteiger partial charge on any atom is -0.481 e. The van der Waals surface area contributed by atoms with E-state index >= 15 is 0 Å². The lowest BCUT2D eigenvalue weighted by Gasteiger charge is -2.07. The van der Waals surface area contributed by atoms with E-state index in [1.165, 1.54) is 0 Å². The molecule has 1 unspecified atom stereocenters. The number of halogens is 1. The minimum absolute atomic E-state index is 0.289. The number of carbonyl (C=O) groups is 2. The Bertz CT molecular complexity index is 169. The summed E-state index contributed by atoms with van der Waals surface area (Å²) in [6.45, 7) is 0. The summed E-state index contributed by atoms with van der Waals surface area (Å²) in [7, 11) is 0. The standard InChI is InChI=1S/C7H11BrO4/c8-3-1-2-5(7(11)12)4-6(9)10/h5H,1-4H2,(H,9,10)(H,11,12). The molecule has 0 saturated heterocycles. The zero-order valence-corrected chi connectivity index (χ0v) is 8.08. The maximum absolute atomic E-state index is 10.5. The Hall–Kier alpha value is -0.580. The fourth-order valence-electron chi connectivity index (χ4n) is 0.847. The van der Waals surface area contributed by atoms with Crippen LogP contribution in [-0.2, 0) is 9.59 Å². The highest BCUT2D eigenvalue weighted by Crippen LogP contribution is 2.12. The molecule has 0 aromatic heterocycles. The first-order valence-corrected chi connectivity index (χ1v) is 4.70. The molecule has 0 amide bonds. The summed E-state index contributed by atoms with van der Waals surface area (Å²) in [6.07, 6.45) is 0.805. The van der Waals surface area contributed by atoms with Crippen LogP contribution in [0.4, 0.5) is 0 Å². The molecular formula is C7H11BrO4. The molecule has 0 bridgehead atoms. The summed E-state index contributed by atoms with van der Waals surface area (Å²) in [5, 5.41) is 17.6. The summed E-state index contributed by atoms with van der Waals surface area (Å²) < 4.78 is 0. The highest BCUT2D eigenvalue weighted by Gasteiger charge is 2.19. The topological polar surface area (TPSA) is 74.6 Å². The SMILES string of the molecule is O=C(O)CC(CCCBr)C(=O)O. The van der Waals surface area contributed by atoms with Gasteiger partial charge in [0.15, 0.2) is 0 Å². The van der Waals surface area contributed by atoms with Crippen molar-refractivity contribution in [3.8, 4) is 0 Å². The van der Waals surface area contributed by atoms with E-state index in [0.717, 1.165) is 0 Å². The van der Waals surface area contributed by atoms with Gasteiger partial charge in [0.05, 0.1) is 12.3 Å². The van der Waals surface area contributed by atoms with E-state index in [0.29, 0.717) is 18.2 Å². The van der Waals surface area contributed by atoms with Crippen LogP contribution in [0.2, 0.25) is 0 Å². The number of carboxylic acids is 2. The van der Waals surface area contributed by atoms with E-state index in [2.05, 4.69) is 15.9 Å². The van der Waals surface area contributed by atoms with Crippen molar-refractivity contribution >= 4 is 27.9 Å². The molecule has 1 atom stereocenters. The van der Waals surface area contributed by atoms with Crippen molar-refractivity contribution < 1.29 is 19.8 Å². The van der Waals surface area contributed by atoms with Gasteiger partial charge in [-0.1, -0.05) is 15.9 Å². The second-order valence-electron chi connectivity index (χ2n) is 2.46. The van der Waals surface area contributed by atoms with Gasteiger partial charge in [0.1, 0.15) is 0 Å². The minimum atomic E-state index is -1.06. The Balaban J connectivity index is 3.87. The maximum Gasteiger partial charge on any atom is 0.307 e. The van der Waals surface area contributed by atoms with Crippen molar-refractivity contribution in [1.82, 2.24) is 0 Å². The van der Waals surface area contributed by atoms with Crippen molar-refractivity contribution in [3.63, 3.8) is 0 Å². The van der Waals surface area contributed by atoms with Gasteiger partial charge in [-0.3, -0.25) is 9.59 Å². The average Bonchev–Trinajstić information content (AvgIpc) is 1.96. The number of rotatable bonds is 6. The predicted molar refractivity (Wildman–Crippen MR) is 46.4 cm³/mol. The fraction of sp³-hybridized carbons (Fsp3) is 0.714. The van der Waals surface area contributed by atoms with E-state index in [9.17, 15) is 9.59 Å². The van der Waals surface area contributed by atoms with E-state index < -0.39 is 17.9 Å². The first-order valence-electron chi connectivity index (χ1n) is 3.58. The quantitative estimate of drug-likeness (QED) is 0.686. The molecule has 0 aromatic carbocycles. The highest BCUT2D eigenvalue weighted by atomic mass is 79.9. The predicted octanol–water partition coefficient (Wildman–Crippen LogP) is 1.34. The molecule has 0 saturated carbocycles. The van der Waals surface area contributed by atoms with E-state index in [-0.39, 0.29) is 6.42 Å². The van der Waals surface area contributed by atoms with Gasteiger partial charge in [-0.05, 0) is 12.8 Å². The molecule has 0 heterocycles. The third-order valence-corrected chi connectivity index (χ3v) is 2.02. The van der Waals surface area contributed by atoms with E-state index in [1.807, 2.05) is 0 Å². The third-order valence-electron chi connectivity index (χ3n) is 1.46. The van der Waals surface area contributed by atoms with E-state index in [4.69, 9.17) is 10.2 Å². The fourth-order valence-corrected chi connectivity index (χ4v) is 1.17. The van der Waals surface area contributed by atoms with Crippen LogP contribution >= 0.6 is 15.9 Å². The molecule has 0 spiro atoms. The average molecular weight is 239 g/mol. The number of aliphatic carboxylic acids is 2. The lowest BCUT2D eigenvalue weighted by atomic mass is 10.0. The van der Waals surface area contributed by atoms with Crippen LogP contribution in [0, 0.1) is 5.92 Å². The first-order chi connectivity index (χ1) is 5.57. The Morgan fingerprint density at radius 3 is 2.25 bits per heavy atom. The molecule has 0 aliphatic rings. The Morgan fingerprint density at radius 2 is 1.92 bits per heavy atom. The second-order valence-corrected chi connectivity index (χ2v) is 3.26. The number of carboxylic acid groups (broad SMARTS) is 2. The van der Waals surface area contributed by atoms with Crippen LogP contribution in [0.25, 0.3) is 0 Å². The van der Waals surface area contributed by atoms with Gasteiger partial charge in [-0.25, -0.2) is 0 Å². The first kappa shape index (κ1) is 11.4. The zero-order chi connectivity index (χ0) is 9.56. The molecular weight excluding hydrogens is 228 g/mol. The summed E-state index contributed by atoms with van der Waals surface area (Å²) in [4.78, 5) is 20.7. The molecule has 0 fully saturated rings. The molecule has 0 radical (unpaired) electrons. The molecule has 5 heteroatoms. The smallest absolute Gasteiger partial charge is 0.307 e. The van der Waals surface area contributed by atoms with Crippen LogP contribution < -0.4 is 0 Å². The van der Waals surface area contributed by atoms with E-state index in [1.54, 1.807) is 0 Å². The van der Waals surface area contributed by atoms with Gasteiger partial charge in [0, 0.05) is 5.33 Å². The molecule has 0 aromatic rings. The Kier molecular flexibility index (Phi) is 5.70. The molecule has 0 aliphatic heterocycles.